The van der Waals surface area contributed by atoms with Gasteiger partial charge in [-0.05, 0) is 67.8 Å². The standard InChI is InChI=1S/C13H18FN/c1-9-6-13(14)5-4-11(9)7-12(8-15)10-2-3-10/h4-6,10,12H,2-3,7-8,15H2,1H3/t12-/m0/s1. The molecule has 2 N–H and O–H groups in total. The molecule has 0 heterocycles. The molecule has 1 aliphatic rings. The Morgan fingerprint density at radius 3 is 2.73 bits per heavy atom. The highest BCUT2D eigenvalue weighted by Gasteiger charge is 2.30. The molecule has 0 saturated heterocycles. The summed E-state index contributed by atoms with van der Waals surface area (Å²) in [5.74, 6) is 1.26. The zero-order valence-electron chi connectivity index (χ0n) is 9.17. The van der Waals surface area contributed by atoms with Crippen LogP contribution in [0.5, 0.6) is 0 Å². The topological polar surface area (TPSA) is 26.0 Å². The average molecular weight is 207 g/mol. The van der Waals surface area contributed by atoms with Crippen molar-refractivity contribution in [2.45, 2.75) is 26.2 Å². The lowest BCUT2D eigenvalue weighted by Gasteiger charge is -2.15. The molecule has 1 atom stereocenters. The maximum atomic E-state index is 12.9. The van der Waals surface area contributed by atoms with Crippen LogP contribution >= 0.6 is 0 Å². The van der Waals surface area contributed by atoms with E-state index < -0.39 is 0 Å². The van der Waals surface area contributed by atoms with Gasteiger partial charge in [-0.25, -0.2) is 4.39 Å². The maximum Gasteiger partial charge on any atom is 0.123 e. The lowest BCUT2D eigenvalue weighted by atomic mass is 9.92. The van der Waals surface area contributed by atoms with Crippen LogP contribution in [0, 0.1) is 24.6 Å². The van der Waals surface area contributed by atoms with Gasteiger partial charge in [0.15, 0.2) is 0 Å². The van der Waals surface area contributed by atoms with Gasteiger partial charge in [-0.2, -0.15) is 0 Å². The normalized spacial score (nSPS) is 17.8. The molecule has 0 radical (unpaired) electrons. The van der Waals surface area contributed by atoms with Crippen molar-refractivity contribution in [3.05, 3.63) is 35.1 Å². The highest BCUT2D eigenvalue weighted by Crippen LogP contribution is 2.38. The summed E-state index contributed by atoms with van der Waals surface area (Å²) in [6, 6.07) is 5.05. The van der Waals surface area contributed by atoms with Crippen molar-refractivity contribution in [3.63, 3.8) is 0 Å². The van der Waals surface area contributed by atoms with E-state index in [1.807, 2.05) is 13.0 Å². The fourth-order valence-electron chi connectivity index (χ4n) is 2.18. The molecule has 82 valence electrons. The molecule has 2 heteroatoms. The first-order chi connectivity index (χ1) is 7.20. The summed E-state index contributed by atoms with van der Waals surface area (Å²) >= 11 is 0. The van der Waals surface area contributed by atoms with E-state index in [4.69, 9.17) is 5.73 Å². The van der Waals surface area contributed by atoms with Crippen LogP contribution in [0.1, 0.15) is 24.0 Å². The Morgan fingerprint density at radius 1 is 1.47 bits per heavy atom. The second-order valence-corrected chi connectivity index (χ2v) is 4.61. The third-order valence-corrected chi connectivity index (χ3v) is 3.38. The van der Waals surface area contributed by atoms with Crippen molar-refractivity contribution in [2.75, 3.05) is 6.54 Å². The van der Waals surface area contributed by atoms with Crippen LogP contribution in [-0.2, 0) is 6.42 Å². The number of halogens is 1. The van der Waals surface area contributed by atoms with Gasteiger partial charge in [0.1, 0.15) is 5.82 Å². The van der Waals surface area contributed by atoms with E-state index in [2.05, 4.69) is 0 Å². The molecule has 1 nitrogen and oxygen atoms in total. The van der Waals surface area contributed by atoms with Crippen LogP contribution in [0.4, 0.5) is 4.39 Å². The number of rotatable bonds is 4. The summed E-state index contributed by atoms with van der Waals surface area (Å²) < 4.78 is 12.9. The predicted molar refractivity (Wildman–Crippen MR) is 60.1 cm³/mol. The summed E-state index contributed by atoms with van der Waals surface area (Å²) in [7, 11) is 0. The summed E-state index contributed by atoms with van der Waals surface area (Å²) in [6.45, 7) is 2.72. The van der Waals surface area contributed by atoms with Gasteiger partial charge in [0.25, 0.3) is 0 Å². The van der Waals surface area contributed by atoms with Crippen molar-refractivity contribution >= 4 is 0 Å². The lowest BCUT2D eigenvalue weighted by Crippen LogP contribution is -2.19. The summed E-state index contributed by atoms with van der Waals surface area (Å²) in [4.78, 5) is 0. The van der Waals surface area contributed by atoms with Crippen molar-refractivity contribution < 1.29 is 4.39 Å². The minimum absolute atomic E-state index is 0.146. The van der Waals surface area contributed by atoms with Crippen LogP contribution in [0.2, 0.25) is 0 Å². The van der Waals surface area contributed by atoms with E-state index in [0.717, 1.165) is 24.4 Å². The van der Waals surface area contributed by atoms with Gasteiger partial charge in [0.2, 0.25) is 0 Å². The Labute approximate surface area is 90.5 Å². The Morgan fingerprint density at radius 2 is 2.20 bits per heavy atom. The van der Waals surface area contributed by atoms with E-state index in [1.54, 1.807) is 12.1 Å². The Balaban J connectivity index is 2.08. The molecule has 0 spiro atoms. The Hall–Kier alpha value is -0.890. The number of nitrogens with two attached hydrogens (primary N) is 1. The first kappa shape index (κ1) is 10.6. The summed E-state index contributed by atoms with van der Waals surface area (Å²) in [5, 5.41) is 0. The molecule has 0 bridgehead atoms. The van der Waals surface area contributed by atoms with E-state index in [1.165, 1.54) is 18.4 Å². The smallest absolute Gasteiger partial charge is 0.123 e. The second kappa shape index (κ2) is 4.31. The zero-order chi connectivity index (χ0) is 10.8. The minimum Gasteiger partial charge on any atom is -0.330 e. The molecule has 0 unspecified atom stereocenters. The number of aryl methyl sites for hydroxylation is 1. The van der Waals surface area contributed by atoms with Crippen molar-refractivity contribution in [1.29, 1.82) is 0 Å². The molecule has 1 fully saturated rings. The van der Waals surface area contributed by atoms with E-state index in [-0.39, 0.29) is 5.82 Å². The van der Waals surface area contributed by atoms with Gasteiger partial charge < -0.3 is 5.73 Å². The molecule has 1 aromatic rings. The SMILES string of the molecule is Cc1cc(F)ccc1C[C@@H](CN)C1CC1. The van der Waals surface area contributed by atoms with E-state index >= 15 is 0 Å². The number of hydrogen-bond donors (Lipinski definition) is 1. The first-order valence-electron chi connectivity index (χ1n) is 5.66. The first-order valence-corrected chi connectivity index (χ1v) is 5.66. The van der Waals surface area contributed by atoms with Crippen LogP contribution in [0.15, 0.2) is 18.2 Å². The molecule has 0 amide bonds. The zero-order valence-corrected chi connectivity index (χ0v) is 9.17. The average Bonchev–Trinajstić information content (AvgIpc) is 3.00. The highest BCUT2D eigenvalue weighted by atomic mass is 19.1. The van der Waals surface area contributed by atoms with Crippen LogP contribution in [0.3, 0.4) is 0 Å². The van der Waals surface area contributed by atoms with E-state index in [9.17, 15) is 4.39 Å². The predicted octanol–water partition coefficient (Wildman–Crippen LogP) is 2.66. The molecule has 0 aliphatic heterocycles. The van der Waals surface area contributed by atoms with Crippen LogP contribution < -0.4 is 5.73 Å². The van der Waals surface area contributed by atoms with E-state index in [0.29, 0.717) is 5.92 Å². The number of hydrogen-bond acceptors (Lipinski definition) is 1. The third kappa shape index (κ3) is 2.57. The minimum atomic E-state index is -0.146. The molecule has 0 aromatic heterocycles. The fourth-order valence-corrected chi connectivity index (χ4v) is 2.18. The molecular weight excluding hydrogens is 189 g/mol. The molecule has 1 saturated carbocycles. The molecule has 2 rings (SSSR count). The Bertz CT molecular complexity index is 344. The molecule has 1 aliphatic carbocycles. The van der Waals surface area contributed by atoms with Gasteiger partial charge in [-0.15, -0.1) is 0 Å². The fraction of sp³-hybridized carbons (Fsp3) is 0.538. The second-order valence-electron chi connectivity index (χ2n) is 4.61. The van der Waals surface area contributed by atoms with Gasteiger partial charge >= 0.3 is 0 Å². The third-order valence-electron chi connectivity index (χ3n) is 3.38. The monoisotopic (exact) mass is 207 g/mol. The van der Waals surface area contributed by atoms with Crippen LogP contribution in [0.25, 0.3) is 0 Å². The van der Waals surface area contributed by atoms with Crippen molar-refractivity contribution in [1.82, 2.24) is 0 Å². The molecular formula is C13H18FN. The van der Waals surface area contributed by atoms with Gasteiger partial charge in [0, 0.05) is 0 Å². The van der Waals surface area contributed by atoms with Gasteiger partial charge in [-0.3, -0.25) is 0 Å². The van der Waals surface area contributed by atoms with Crippen molar-refractivity contribution in [2.24, 2.45) is 17.6 Å². The van der Waals surface area contributed by atoms with Gasteiger partial charge in [0.05, 0.1) is 0 Å². The largest absolute Gasteiger partial charge is 0.330 e. The molecule has 1 aromatic carbocycles. The van der Waals surface area contributed by atoms with Gasteiger partial charge in [-0.1, -0.05) is 6.07 Å². The lowest BCUT2D eigenvalue weighted by molar-refractivity contribution is 0.470. The quantitative estimate of drug-likeness (QED) is 0.807. The molecule has 15 heavy (non-hydrogen) atoms. The van der Waals surface area contributed by atoms with Crippen molar-refractivity contribution in [3.8, 4) is 0 Å². The van der Waals surface area contributed by atoms with Crippen LogP contribution in [-0.4, -0.2) is 6.54 Å². The number of benzene rings is 1. The highest BCUT2D eigenvalue weighted by molar-refractivity contribution is 5.27. The summed E-state index contributed by atoms with van der Waals surface area (Å²) in [6.07, 6.45) is 3.65. The summed E-state index contributed by atoms with van der Waals surface area (Å²) in [5.41, 5.74) is 8.07. The maximum absolute atomic E-state index is 12.9. The Kier molecular flexibility index (Phi) is 3.06.